The number of hydrogen-bond donors (Lipinski definition) is 2. The van der Waals surface area contributed by atoms with E-state index >= 15 is 0 Å². The van der Waals surface area contributed by atoms with Gasteiger partial charge in [0.2, 0.25) is 15.9 Å². The molecule has 0 aromatic carbocycles. The summed E-state index contributed by atoms with van der Waals surface area (Å²) in [5.74, 6) is 1.21. The fourth-order valence-electron chi connectivity index (χ4n) is 5.12. The quantitative estimate of drug-likeness (QED) is 0.754. The maximum absolute atomic E-state index is 12.8. The van der Waals surface area contributed by atoms with E-state index in [1.807, 2.05) is 4.90 Å². The molecule has 1 saturated heterocycles. The van der Waals surface area contributed by atoms with Crippen LogP contribution in [0.25, 0.3) is 0 Å². The minimum absolute atomic E-state index is 0.0393. The predicted molar refractivity (Wildman–Crippen MR) is 102 cm³/mol. The van der Waals surface area contributed by atoms with Crippen LogP contribution in [0.1, 0.15) is 57.2 Å². The summed E-state index contributed by atoms with van der Waals surface area (Å²) in [4.78, 5) is 19.1. The third-order valence-corrected chi connectivity index (χ3v) is 7.98. The average Bonchev–Trinajstić information content (AvgIpc) is 3.38. The number of carbonyl (C=O) groups excluding carboxylic acids is 1. The van der Waals surface area contributed by atoms with Gasteiger partial charge in [-0.05, 0) is 45.4 Å². The molecule has 0 bridgehead atoms. The van der Waals surface area contributed by atoms with Gasteiger partial charge in [-0.25, -0.2) is 17.9 Å². The number of fused-ring (bicyclic) bond motifs is 1. The maximum Gasteiger partial charge on any atom is 0.317 e. The molecule has 1 aromatic rings. The van der Waals surface area contributed by atoms with E-state index in [1.54, 1.807) is 13.8 Å². The first-order valence-electron chi connectivity index (χ1n) is 10.2. The number of amides is 2. The molecule has 2 amide bonds. The zero-order valence-corrected chi connectivity index (χ0v) is 17.3. The van der Waals surface area contributed by atoms with Crippen LogP contribution in [0.4, 0.5) is 4.79 Å². The number of aromatic nitrogens is 2. The van der Waals surface area contributed by atoms with Crippen molar-refractivity contribution >= 4 is 16.1 Å². The van der Waals surface area contributed by atoms with Gasteiger partial charge in [0.15, 0.2) is 5.82 Å². The number of nitrogens with one attached hydrogen (secondary N) is 2. The molecule has 4 rings (SSSR count). The van der Waals surface area contributed by atoms with Gasteiger partial charge in [-0.1, -0.05) is 18.0 Å². The van der Waals surface area contributed by atoms with Crippen LogP contribution in [0.3, 0.4) is 0 Å². The number of aryl methyl sites for hydroxylation is 1. The Labute approximate surface area is 165 Å². The van der Waals surface area contributed by atoms with Crippen molar-refractivity contribution in [1.29, 1.82) is 0 Å². The van der Waals surface area contributed by atoms with Crippen molar-refractivity contribution in [3.63, 3.8) is 0 Å². The fourth-order valence-corrected chi connectivity index (χ4v) is 5.97. The molecule has 1 aromatic heterocycles. The smallest absolute Gasteiger partial charge is 0.317 e. The highest BCUT2D eigenvalue weighted by molar-refractivity contribution is 7.89. The number of likely N-dealkylation sites (tertiary alicyclic amines) is 1. The lowest BCUT2D eigenvalue weighted by Crippen LogP contribution is -2.45. The molecular formula is C18H29N5O4S. The molecule has 10 heteroatoms. The molecule has 9 nitrogen and oxygen atoms in total. The second-order valence-electron chi connectivity index (χ2n) is 8.47. The molecular weight excluding hydrogens is 382 g/mol. The Bertz CT molecular complexity index is 835. The van der Waals surface area contributed by atoms with Gasteiger partial charge >= 0.3 is 6.03 Å². The summed E-state index contributed by atoms with van der Waals surface area (Å²) in [6.45, 7) is 4.45. The Morgan fingerprint density at radius 3 is 2.71 bits per heavy atom. The molecule has 3 fully saturated rings. The first-order valence-corrected chi connectivity index (χ1v) is 11.8. The number of rotatable bonds is 5. The molecule has 0 unspecified atom stereocenters. The van der Waals surface area contributed by atoms with Crippen molar-refractivity contribution in [2.75, 3.05) is 18.8 Å². The SMILES string of the molecule is CCS(=O)(=O)N[C@@H]1C[C@H]2CN(C(=O)NC3CCCC3)C[C@@]2(c2nc(C)no2)C1. The summed E-state index contributed by atoms with van der Waals surface area (Å²) < 4.78 is 32.4. The zero-order valence-electron chi connectivity index (χ0n) is 16.5. The van der Waals surface area contributed by atoms with Crippen LogP contribution in [0.15, 0.2) is 4.52 Å². The summed E-state index contributed by atoms with van der Waals surface area (Å²) in [5.41, 5.74) is -0.491. The molecule has 3 aliphatic rings. The van der Waals surface area contributed by atoms with E-state index in [0.717, 1.165) is 25.7 Å². The van der Waals surface area contributed by atoms with Crippen LogP contribution >= 0.6 is 0 Å². The first-order chi connectivity index (χ1) is 13.3. The van der Waals surface area contributed by atoms with Crippen LogP contribution in [0.5, 0.6) is 0 Å². The highest BCUT2D eigenvalue weighted by Gasteiger charge is 2.58. The van der Waals surface area contributed by atoms with Gasteiger partial charge in [0, 0.05) is 25.2 Å². The van der Waals surface area contributed by atoms with Crippen molar-refractivity contribution in [1.82, 2.24) is 25.1 Å². The Balaban J connectivity index is 1.53. The zero-order chi connectivity index (χ0) is 19.9. The Morgan fingerprint density at radius 2 is 2.07 bits per heavy atom. The monoisotopic (exact) mass is 411 g/mol. The third kappa shape index (κ3) is 3.63. The number of carbonyl (C=O) groups is 1. The second-order valence-corrected chi connectivity index (χ2v) is 10.5. The van der Waals surface area contributed by atoms with Crippen molar-refractivity contribution in [3.05, 3.63) is 11.7 Å². The van der Waals surface area contributed by atoms with Gasteiger partial charge in [0.25, 0.3) is 0 Å². The molecule has 0 radical (unpaired) electrons. The number of sulfonamides is 1. The fraction of sp³-hybridized carbons (Fsp3) is 0.833. The Morgan fingerprint density at radius 1 is 1.32 bits per heavy atom. The standard InChI is InChI=1S/C18H29N5O4S/c1-3-28(25,26)22-15-8-13-10-23(17(24)20-14-6-4-5-7-14)11-18(13,9-15)16-19-12(2)21-27-16/h13-15,22H,3-11H2,1-2H3,(H,20,24)/t13-,15+,18-/m0/s1. The van der Waals surface area contributed by atoms with E-state index in [0.29, 0.717) is 37.6 Å². The minimum Gasteiger partial charge on any atom is -0.339 e. The minimum atomic E-state index is -3.29. The molecule has 28 heavy (non-hydrogen) atoms. The normalized spacial score (nSPS) is 30.7. The van der Waals surface area contributed by atoms with Gasteiger partial charge in [0.1, 0.15) is 0 Å². The van der Waals surface area contributed by atoms with Gasteiger partial charge in [-0.2, -0.15) is 4.98 Å². The van der Waals surface area contributed by atoms with Gasteiger partial charge in [-0.15, -0.1) is 0 Å². The van der Waals surface area contributed by atoms with Crippen molar-refractivity contribution < 1.29 is 17.7 Å². The molecule has 1 aliphatic heterocycles. The average molecular weight is 412 g/mol. The molecule has 0 spiro atoms. The first kappa shape index (κ1) is 19.6. The largest absolute Gasteiger partial charge is 0.339 e. The highest BCUT2D eigenvalue weighted by atomic mass is 32.2. The molecule has 156 valence electrons. The Hall–Kier alpha value is -1.68. The van der Waals surface area contributed by atoms with Crippen LogP contribution in [-0.4, -0.2) is 60.4 Å². The summed E-state index contributed by atoms with van der Waals surface area (Å²) in [6, 6.07) is 0.0449. The lowest BCUT2D eigenvalue weighted by molar-refractivity contribution is 0.196. The number of hydrogen-bond acceptors (Lipinski definition) is 6. The van der Waals surface area contributed by atoms with Gasteiger partial charge in [0.05, 0.1) is 11.2 Å². The molecule has 2 aliphatic carbocycles. The van der Waals surface area contributed by atoms with E-state index < -0.39 is 15.4 Å². The van der Waals surface area contributed by atoms with Crippen LogP contribution in [0.2, 0.25) is 0 Å². The topological polar surface area (TPSA) is 117 Å². The molecule has 2 saturated carbocycles. The second kappa shape index (κ2) is 7.29. The van der Waals surface area contributed by atoms with Crippen molar-refractivity contribution in [2.24, 2.45) is 5.92 Å². The third-order valence-electron chi connectivity index (χ3n) is 6.52. The maximum atomic E-state index is 12.8. The van der Waals surface area contributed by atoms with Gasteiger partial charge in [-0.3, -0.25) is 0 Å². The van der Waals surface area contributed by atoms with E-state index in [-0.39, 0.29) is 29.8 Å². The van der Waals surface area contributed by atoms with Crippen LogP contribution in [0, 0.1) is 12.8 Å². The van der Waals surface area contributed by atoms with Gasteiger partial charge < -0.3 is 14.7 Å². The van der Waals surface area contributed by atoms with Crippen molar-refractivity contribution in [3.8, 4) is 0 Å². The molecule has 2 N–H and O–H groups in total. The van der Waals surface area contributed by atoms with E-state index in [1.165, 1.54) is 0 Å². The highest BCUT2D eigenvalue weighted by Crippen LogP contribution is 2.50. The summed E-state index contributed by atoms with van der Waals surface area (Å²) in [7, 11) is -3.29. The summed E-state index contributed by atoms with van der Waals surface area (Å²) in [5, 5.41) is 7.09. The van der Waals surface area contributed by atoms with E-state index in [9.17, 15) is 13.2 Å². The van der Waals surface area contributed by atoms with E-state index in [2.05, 4.69) is 20.2 Å². The lowest BCUT2D eigenvalue weighted by Gasteiger charge is -2.26. The number of urea groups is 1. The van der Waals surface area contributed by atoms with E-state index in [4.69, 9.17) is 4.52 Å². The predicted octanol–water partition coefficient (Wildman–Crippen LogP) is 1.30. The van der Waals surface area contributed by atoms with Crippen LogP contribution in [-0.2, 0) is 15.4 Å². The van der Waals surface area contributed by atoms with Crippen LogP contribution < -0.4 is 10.0 Å². The lowest BCUT2D eigenvalue weighted by atomic mass is 9.80. The summed E-state index contributed by atoms with van der Waals surface area (Å²) in [6.07, 6.45) is 5.63. The Kier molecular flexibility index (Phi) is 5.11. The number of nitrogens with zero attached hydrogens (tertiary/aromatic N) is 3. The molecule has 3 atom stereocenters. The summed E-state index contributed by atoms with van der Waals surface area (Å²) >= 11 is 0. The molecule has 2 heterocycles. The van der Waals surface area contributed by atoms with Crippen molar-refractivity contribution in [2.45, 2.75) is 69.9 Å².